The van der Waals surface area contributed by atoms with Crippen LogP contribution in [0.5, 0.6) is 0 Å². The molecule has 2 heterocycles. The Morgan fingerprint density at radius 1 is 1.14 bits per heavy atom. The van der Waals surface area contributed by atoms with Gasteiger partial charge < -0.3 is 14.6 Å². The fourth-order valence-corrected chi connectivity index (χ4v) is 3.27. The number of hydrogen-bond donors (Lipinski definition) is 1. The highest BCUT2D eigenvalue weighted by atomic mass is 19.4. The summed E-state index contributed by atoms with van der Waals surface area (Å²) in [4.78, 5) is 12.3. The van der Waals surface area contributed by atoms with E-state index in [4.69, 9.17) is 4.74 Å². The average Bonchev–Trinajstić information content (AvgIpc) is 3.17. The Labute approximate surface area is 166 Å². The fraction of sp³-hybridized carbons (Fsp3) is 0.400. The predicted molar refractivity (Wildman–Crippen MR) is 104 cm³/mol. The van der Waals surface area contributed by atoms with E-state index in [9.17, 15) is 18.0 Å². The monoisotopic (exact) mass is 408 g/mol. The number of nitrogens with zero attached hydrogens (tertiary/aromatic N) is 3. The smallest absolute Gasteiger partial charge is 0.383 e. The van der Waals surface area contributed by atoms with E-state index in [1.807, 2.05) is 31.2 Å². The minimum Gasteiger partial charge on any atom is -0.383 e. The second-order valence-electron chi connectivity index (χ2n) is 6.89. The number of methoxy groups -OCH3 is 1. The summed E-state index contributed by atoms with van der Waals surface area (Å²) in [6.07, 6.45) is -4.47. The van der Waals surface area contributed by atoms with Crippen LogP contribution in [0.3, 0.4) is 0 Å². The number of carbonyl (C=O) groups is 1. The normalized spacial score (nSPS) is 11.9. The van der Waals surface area contributed by atoms with Crippen molar-refractivity contribution < 1.29 is 22.7 Å². The number of alkyl halides is 3. The van der Waals surface area contributed by atoms with Crippen LogP contribution in [0.25, 0.3) is 10.9 Å². The zero-order chi connectivity index (χ0) is 21.2. The van der Waals surface area contributed by atoms with Gasteiger partial charge in [-0.1, -0.05) is 0 Å². The van der Waals surface area contributed by atoms with Gasteiger partial charge in [-0.2, -0.15) is 18.3 Å². The van der Waals surface area contributed by atoms with Crippen molar-refractivity contribution in [2.45, 2.75) is 39.5 Å². The minimum atomic E-state index is -4.49. The number of fused-ring (bicyclic) bond motifs is 1. The third-order valence-electron chi connectivity index (χ3n) is 4.73. The molecule has 0 aliphatic carbocycles. The van der Waals surface area contributed by atoms with Gasteiger partial charge in [0.25, 0.3) is 0 Å². The number of aryl methyl sites for hydroxylation is 3. The molecule has 156 valence electrons. The second-order valence-corrected chi connectivity index (χ2v) is 6.89. The fourth-order valence-electron chi connectivity index (χ4n) is 3.27. The molecule has 1 amide bonds. The number of nitrogens with one attached hydrogen (secondary N) is 1. The van der Waals surface area contributed by atoms with Crippen LogP contribution in [0.1, 0.15) is 23.5 Å². The van der Waals surface area contributed by atoms with Crippen molar-refractivity contribution in [2.24, 2.45) is 0 Å². The Hall–Kier alpha value is -2.81. The molecule has 0 unspecified atom stereocenters. The molecule has 1 N–H and O–H groups in total. The summed E-state index contributed by atoms with van der Waals surface area (Å²) in [5.74, 6) is -0.289. The van der Waals surface area contributed by atoms with Gasteiger partial charge in [-0.25, -0.2) is 0 Å². The number of ether oxygens (including phenoxy) is 1. The summed E-state index contributed by atoms with van der Waals surface area (Å²) in [5, 5.41) is 7.33. The van der Waals surface area contributed by atoms with Gasteiger partial charge in [-0.15, -0.1) is 0 Å². The van der Waals surface area contributed by atoms with Crippen LogP contribution in [-0.4, -0.2) is 34.0 Å². The highest BCUT2D eigenvalue weighted by Gasteiger charge is 2.34. The molecule has 0 saturated heterocycles. The van der Waals surface area contributed by atoms with Crippen molar-refractivity contribution in [3.05, 3.63) is 47.4 Å². The Morgan fingerprint density at radius 3 is 2.55 bits per heavy atom. The van der Waals surface area contributed by atoms with Gasteiger partial charge >= 0.3 is 6.18 Å². The third kappa shape index (κ3) is 4.79. The number of benzene rings is 1. The minimum absolute atomic E-state index is 0.0196. The summed E-state index contributed by atoms with van der Waals surface area (Å²) in [7, 11) is 1.66. The lowest BCUT2D eigenvalue weighted by molar-refractivity contribution is -0.141. The molecule has 29 heavy (non-hydrogen) atoms. The molecule has 0 aliphatic heterocycles. The lowest BCUT2D eigenvalue weighted by Gasteiger charge is -2.09. The van der Waals surface area contributed by atoms with Crippen LogP contribution in [0, 0.1) is 13.8 Å². The van der Waals surface area contributed by atoms with Crippen molar-refractivity contribution in [3.63, 3.8) is 0 Å². The summed E-state index contributed by atoms with van der Waals surface area (Å²) in [6.45, 7) is 4.95. The summed E-state index contributed by atoms with van der Waals surface area (Å²) < 4.78 is 46.7. The number of carbonyl (C=O) groups excluding carboxylic acids is 1. The molecule has 9 heteroatoms. The van der Waals surface area contributed by atoms with Gasteiger partial charge in [0, 0.05) is 54.6 Å². The van der Waals surface area contributed by atoms with Gasteiger partial charge in [0.1, 0.15) is 0 Å². The number of aromatic nitrogens is 3. The molecule has 0 radical (unpaired) electrons. The van der Waals surface area contributed by atoms with Crippen molar-refractivity contribution in [1.29, 1.82) is 0 Å². The molecule has 2 aromatic heterocycles. The van der Waals surface area contributed by atoms with Gasteiger partial charge in [0.15, 0.2) is 5.69 Å². The zero-order valence-corrected chi connectivity index (χ0v) is 16.5. The van der Waals surface area contributed by atoms with E-state index in [0.717, 1.165) is 29.2 Å². The van der Waals surface area contributed by atoms with E-state index < -0.39 is 11.9 Å². The highest BCUT2D eigenvalue weighted by Crippen LogP contribution is 2.28. The van der Waals surface area contributed by atoms with E-state index in [1.54, 1.807) is 7.11 Å². The molecule has 0 atom stereocenters. The molecule has 0 fully saturated rings. The second kappa shape index (κ2) is 8.28. The molecule has 0 bridgehead atoms. The van der Waals surface area contributed by atoms with Crippen molar-refractivity contribution in [3.8, 4) is 0 Å². The Balaban J connectivity index is 1.65. The zero-order valence-electron chi connectivity index (χ0n) is 16.5. The average molecular weight is 408 g/mol. The lowest BCUT2D eigenvalue weighted by atomic mass is 10.2. The van der Waals surface area contributed by atoms with Crippen molar-refractivity contribution in [1.82, 2.24) is 14.3 Å². The number of hydrogen-bond acceptors (Lipinski definition) is 3. The van der Waals surface area contributed by atoms with Gasteiger partial charge in [0.05, 0.1) is 6.61 Å². The van der Waals surface area contributed by atoms with Gasteiger partial charge in [-0.3, -0.25) is 9.48 Å². The van der Waals surface area contributed by atoms with Crippen molar-refractivity contribution in [2.75, 3.05) is 19.0 Å². The number of amides is 1. The molecule has 6 nitrogen and oxygen atoms in total. The van der Waals surface area contributed by atoms with Crippen LogP contribution >= 0.6 is 0 Å². The first-order valence-electron chi connectivity index (χ1n) is 9.19. The van der Waals surface area contributed by atoms with Crippen LogP contribution in [-0.2, 0) is 28.8 Å². The summed E-state index contributed by atoms with van der Waals surface area (Å²) in [5.41, 5.74) is 2.19. The van der Waals surface area contributed by atoms with E-state index >= 15 is 0 Å². The Kier molecular flexibility index (Phi) is 5.97. The SMILES string of the molecule is COCCn1c(C)cc2cc(NC(=O)CCn3nc(C(F)(F)F)cc3C)ccc21. The standard InChI is InChI=1S/C20H23F3N4O2/c1-13-10-15-12-16(4-5-17(15)26(13)8-9-29-3)24-19(28)6-7-27-14(2)11-18(25-27)20(21,22)23/h4-5,10-12H,6-9H2,1-3H3,(H,24,28). The quantitative estimate of drug-likeness (QED) is 0.639. The Morgan fingerprint density at radius 2 is 1.90 bits per heavy atom. The maximum atomic E-state index is 12.7. The van der Waals surface area contributed by atoms with Crippen LogP contribution in [0.15, 0.2) is 30.3 Å². The van der Waals surface area contributed by atoms with Crippen molar-refractivity contribution >= 4 is 22.5 Å². The number of anilines is 1. The first-order valence-corrected chi connectivity index (χ1v) is 9.19. The molecule has 0 saturated carbocycles. The van der Waals surface area contributed by atoms with E-state index in [1.165, 1.54) is 11.6 Å². The van der Waals surface area contributed by atoms with Crippen LogP contribution in [0.4, 0.5) is 18.9 Å². The summed E-state index contributed by atoms with van der Waals surface area (Å²) in [6, 6.07) is 8.63. The largest absolute Gasteiger partial charge is 0.435 e. The highest BCUT2D eigenvalue weighted by molar-refractivity contribution is 5.94. The predicted octanol–water partition coefficient (Wildman–Crippen LogP) is 4.15. The first kappa shape index (κ1) is 20.9. The molecule has 3 aromatic rings. The maximum absolute atomic E-state index is 12.7. The molecule has 0 aliphatic rings. The Bertz CT molecular complexity index is 1020. The number of rotatable bonds is 7. The lowest BCUT2D eigenvalue weighted by Crippen LogP contribution is -2.16. The molecular weight excluding hydrogens is 385 g/mol. The van der Waals surface area contributed by atoms with E-state index in [-0.39, 0.29) is 18.9 Å². The maximum Gasteiger partial charge on any atom is 0.435 e. The topological polar surface area (TPSA) is 61.1 Å². The molecule has 1 aromatic carbocycles. The first-order chi connectivity index (χ1) is 13.7. The number of halogens is 3. The summed E-state index contributed by atoms with van der Waals surface area (Å²) >= 11 is 0. The van der Waals surface area contributed by atoms with E-state index in [2.05, 4.69) is 15.0 Å². The van der Waals surface area contributed by atoms with Crippen LogP contribution < -0.4 is 5.32 Å². The van der Waals surface area contributed by atoms with Gasteiger partial charge in [-0.05, 0) is 44.2 Å². The van der Waals surface area contributed by atoms with E-state index in [0.29, 0.717) is 18.0 Å². The van der Waals surface area contributed by atoms with Crippen LogP contribution in [0.2, 0.25) is 0 Å². The molecule has 0 spiro atoms. The van der Waals surface area contributed by atoms with Gasteiger partial charge in [0.2, 0.25) is 5.91 Å². The molecular formula is C20H23F3N4O2. The molecule has 3 rings (SSSR count). The third-order valence-corrected chi connectivity index (χ3v) is 4.73.